The van der Waals surface area contributed by atoms with Crippen molar-refractivity contribution in [3.8, 4) is 5.88 Å². The Hall–Kier alpha value is -1.09. The number of aliphatic hydroxyl groups is 1. The number of pyridine rings is 1. The molecule has 1 N–H and O–H groups in total. The van der Waals surface area contributed by atoms with Gasteiger partial charge in [0.05, 0.1) is 0 Å². The van der Waals surface area contributed by atoms with E-state index in [4.69, 9.17) is 4.74 Å². The standard InChI is InChI=1S/C9H11NO2/c1-2-6-3-7-8(11)5-12-9(7)10-4-6/h3-4,8,11H,2,5H2,1H3. The highest BCUT2D eigenvalue weighted by molar-refractivity contribution is 5.34. The van der Waals surface area contributed by atoms with Crippen molar-refractivity contribution in [1.82, 2.24) is 4.98 Å². The van der Waals surface area contributed by atoms with Crippen LogP contribution in [0.5, 0.6) is 5.88 Å². The first-order valence-electron chi connectivity index (χ1n) is 4.11. The second kappa shape index (κ2) is 2.75. The summed E-state index contributed by atoms with van der Waals surface area (Å²) in [5.74, 6) is 0.583. The summed E-state index contributed by atoms with van der Waals surface area (Å²) in [5, 5.41) is 9.44. The van der Waals surface area contributed by atoms with Crippen LogP contribution >= 0.6 is 0 Å². The molecule has 1 aromatic rings. The fourth-order valence-corrected chi connectivity index (χ4v) is 1.32. The Kier molecular flexibility index (Phi) is 1.73. The minimum absolute atomic E-state index is 0.343. The third kappa shape index (κ3) is 1.06. The van der Waals surface area contributed by atoms with Crippen LogP contribution in [0.1, 0.15) is 24.2 Å². The topological polar surface area (TPSA) is 42.4 Å². The van der Waals surface area contributed by atoms with E-state index in [9.17, 15) is 5.11 Å². The number of fused-ring (bicyclic) bond motifs is 1. The van der Waals surface area contributed by atoms with Gasteiger partial charge in [0, 0.05) is 11.8 Å². The van der Waals surface area contributed by atoms with Gasteiger partial charge in [0.25, 0.3) is 0 Å². The van der Waals surface area contributed by atoms with Gasteiger partial charge in [0.1, 0.15) is 12.7 Å². The normalized spacial score (nSPS) is 20.3. The summed E-state index contributed by atoms with van der Waals surface area (Å²) in [6.07, 6.45) is 2.24. The van der Waals surface area contributed by atoms with Gasteiger partial charge in [-0.3, -0.25) is 0 Å². The van der Waals surface area contributed by atoms with Gasteiger partial charge in [-0.15, -0.1) is 0 Å². The van der Waals surface area contributed by atoms with E-state index in [-0.39, 0.29) is 0 Å². The number of aryl methyl sites for hydroxylation is 1. The SMILES string of the molecule is CCc1cnc2c(c1)C(O)CO2. The predicted molar refractivity (Wildman–Crippen MR) is 44.1 cm³/mol. The lowest BCUT2D eigenvalue weighted by Crippen LogP contribution is -1.97. The van der Waals surface area contributed by atoms with Crippen molar-refractivity contribution in [2.45, 2.75) is 19.4 Å². The maximum atomic E-state index is 9.44. The highest BCUT2D eigenvalue weighted by Gasteiger charge is 2.22. The molecule has 0 saturated heterocycles. The van der Waals surface area contributed by atoms with Crippen LogP contribution < -0.4 is 4.74 Å². The Morgan fingerprint density at radius 3 is 3.33 bits per heavy atom. The predicted octanol–water partition coefficient (Wildman–Crippen LogP) is 1.07. The second-order valence-electron chi connectivity index (χ2n) is 2.92. The Balaban J connectivity index is 2.43. The number of rotatable bonds is 1. The maximum Gasteiger partial charge on any atom is 0.219 e. The van der Waals surface area contributed by atoms with Crippen LogP contribution in [0.25, 0.3) is 0 Å². The average Bonchev–Trinajstić information content (AvgIpc) is 2.47. The van der Waals surface area contributed by atoms with Gasteiger partial charge < -0.3 is 9.84 Å². The minimum atomic E-state index is -0.487. The third-order valence-corrected chi connectivity index (χ3v) is 2.08. The van der Waals surface area contributed by atoms with Gasteiger partial charge in [-0.05, 0) is 18.1 Å². The molecule has 1 unspecified atom stereocenters. The molecule has 0 radical (unpaired) electrons. The van der Waals surface area contributed by atoms with E-state index >= 15 is 0 Å². The molecule has 1 aromatic heterocycles. The zero-order valence-electron chi connectivity index (χ0n) is 6.95. The Morgan fingerprint density at radius 1 is 1.75 bits per heavy atom. The van der Waals surface area contributed by atoms with Gasteiger partial charge in [-0.2, -0.15) is 0 Å². The lowest BCUT2D eigenvalue weighted by atomic mass is 10.1. The molecule has 1 aliphatic rings. The zero-order valence-corrected chi connectivity index (χ0v) is 6.95. The van der Waals surface area contributed by atoms with E-state index in [2.05, 4.69) is 11.9 Å². The highest BCUT2D eigenvalue weighted by atomic mass is 16.5. The van der Waals surface area contributed by atoms with E-state index in [1.165, 1.54) is 0 Å². The van der Waals surface area contributed by atoms with Gasteiger partial charge in [-0.25, -0.2) is 4.98 Å². The summed E-state index contributed by atoms with van der Waals surface area (Å²) < 4.78 is 5.15. The number of hydrogen-bond donors (Lipinski definition) is 1. The molecule has 0 fully saturated rings. The van der Waals surface area contributed by atoms with E-state index in [0.29, 0.717) is 12.5 Å². The van der Waals surface area contributed by atoms with E-state index in [1.807, 2.05) is 6.07 Å². The second-order valence-corrected chi connectivity index (χ2v) is 2.92. The van der Waals surface area contributed by atoms with Crippen molar-refractivity contribution >= 4 is 0 Å². The monoisotopic (exact) mass is 165 g/mol. The molecule has 3 nitrogen and oxygen atoms in total. The van der Waals surface area contributed by atoms with Crippen molar-refractivity contribution < 1.29 is 9.84 Å². The fourth-order valence-electron chi connectivity index (χ4n) is 1.32. The summed E-state index contributed by atoms with van der Waals surface area (Å²) in [4.78, 5) is 4.10. The molecule has 1 aliphatic heterocycles. The van der Waals surface area contributed by atoms with Crippen LogP contribution in [0.4, 0.5) is 0 Å². The van der Waals surface area contributed by atoms with Crippen molar-refractivity contribution in [2.75, 3.05) is 6.61 Å². The summed E-state index contributed by atoms with van der Waals surface area (Å²) >= 11 is 0. The summed E-state index contributed by atoms with van der Waals surface area (Å²) in [7, 11) is 0. The largest absolute Gasteiger partial charge is 0.474 e. The third-order valence-electron chi connectivity index (χ3n) is 2.08. The number of aliphatic hydroxyl groups excluding tert-OH is 1. The molecule has 0 amide bonds. The average molecular weight is 165 g/mol. The molecule has 0 saturated carbocycles. The first-order valence-corrected chi connectivity index (χ1v) is 4.11. The molecule has 2 rings (SSSR count). The van der Waals surface area contributed by atoms with Crippen molar-refractivity contribution in [2.24, 2.45) is 0 Å². The van der Waals surface area contributed by atoms with E-state index in [1.54, 1.807) is 6.20 Å². The molecule has 3 heteroatoms. The lowest BCUT2D eigenvalue weighted by molar-refractivity contribution is 0.139. The number of nitrogens with zero attached hydrogens (tertiary/aromatic N) is 1. The fraction of sp³-hybridized carbons (Fsp3) is 0.444. The molecule has 12 heavy (non-hydrogen) atoms. The van der Waals surface area contributed by atoms with Crippen LogP contribution in [-0.4, -0.2) is 16.7 Å². The minimum Gasteiger partial charge on any atom is -0.474 e. The smallest absolute Gasteiger partial charge is 0.219 e. The lowest BCUT2D eigenvalue weighted by Gasteiger charge is -2.00. The molecule has 0 bridgehead atoms. The first kappa shape index (κ1) is 7.55. The molecule has 0 spiro atoms. The molecule has 1 atom stereocenters. The summed E-state index contributed by atoms with van der Waals surface area (Å²) in [6.45, 7) is 2.40. The zero-order chi connectivity index (χ0) is 8.55. The molecular weight excluding hydrogens is 154 g/mol. The van der Waals surface area contributed by atoms with E-state index < -0.39 is 6.10 Å². The molecule has 0 aromatic carbocycles. The summed E-state index contributed by atoms with van der Waals surface area (Å²) in [5.41, 5.74) is 1.97. The van der Waals surface area contributed by atoms with Crippen LogP contribution in [0.2, 0.25) is 0 Å². The molecular formula is C9H11NO2. The molecule has 0 aliphatic carbocycles. The Bertz CT molecular complexity index is 299. The maximum absolute atomic E-state index is 9.44. The van der Waals surface area contributed by atoms with Crippen LogP contribution in [0.3, 0.4) is 0 Å². The molecule has 64 valence electrons. The van der Waals surface area contributed by atoms with E-state index in [0.717, 1.165) is 17.5 Å². The van der Waals surface area contributed by atoms with Gasteiger partial charge in [0.2, 0.25) is 5.88 Å². The van der Waals surface area contributed by atoms with Gasteiger partial charge in [-0.1, -0.05) is 6.92 Å². The quantitative estimate of drug-likeness (QED) is 0.676. The number of ether oxygens (including phenoxy) is 1. The number of aromatic nitrogens is 1. The van der Waals surface area contributed by atoms with Crippen LogP contribution in [0, 0.1) is 0 Å². The van der Waals surface area contributed by atoms with Crippen molar-refractivity contribution in [1.29, 1.82) is 0 Å². The van der Waals surface area contributed by atoms with Crippen molar-refractivity contribution in [3.63, 3.8) is 0 Å². The highest BCUT2D eigenvalue weighted by Crippen LogP contribution is 2.30. The molecule has 2 heterocycles. The van der Waals surface area contributed by atoms with Crippen molar-refractivity contribution in [3.05, 3.63) is 23.4 Å². The van der Waals surface area contributed by atoms with Gasteiger partial charge >= 0.3 is 0 Å². The summed E-state index contributed by atoms with van der Waals surface area (Å²) in [6, 6.07) is 1.96. The van der Waals surface area contributed by atoms with Gasteiger partial charge in [0.15, 0.2) is 0 Å². The first-order chi connectivity index (χ1) is 5.81. The van der Waals surface area contributed by atoms with Crippen LogP contribution in [-0.2, 0) is 6.42 Å². The Labute approximate surface area is 71.0 Å². The Morgan fingerprint density at radius 2 is 2.58 bits per heavy atom. The van der Waals surface area contributed by atoms with Crippen LogP contribution in [0.15, 0.2) is 12.3 Å². The number of hydrogen-bond acceptors (Lipinski definition) is 3.